The summed E-state index contributed by atoms with van der Waals surface area (Å²) in [5.41, 5.74) is 12.9. The SMILES string of the molecule is Cc1cccc(-c2nc(CCc3ccccc3F)[nH]c2-c2ccc3ncc(CN)nc3c2)n1. The van der Waals surface area contributed by atoms with Gasteiger partial charge < -0.3 is 10.7 Å². The number of nitrogens with two attached hydrogens (primary N) is 1. The van der Waals surface area contributed by atoms with E-state index in [1.807, 2.05) is 49.4 Å². The molecule has 0 saturated carbocycles. The van der Waals surface area contributed by atoms with Gasteiger partial charge in [0.15, 0.2) is 0 Å². The van der Waals surface area contributed by atoms with Crippen LogP contribution < -0.4 is 5.73 Å². The molecular formula is C26H23FN6. The van der Waals surface area contributed by atoms with Crippen LogP contribution in [-0.2, 0) is 19.4 Å². The van der Waals surface area contributed by atoms with Crippen molar-refractivity contribution in [3.8, 4) is 22.6 Å². The van der Waals surface area contributed by atoms with E-state index in [0.717, 1.165) is 50.9 Å². The van der Waals surface area contributed by atoms with E-state index in [0.29, 0.717) is 24.9 Å². The second kappa shape index (κ2) is 8.88. The molecule has 0 amide bonds. The Morgan fingerprint density at radius 3 is 2.61 bits per heavy atom. The van der Waals surface area contributed by atoms with Crippen molar-refractivity contribution in [2.24, 2.45) is 5.73 Å². The predicted octanol–water partition coefficient (Wildman–Crippen LogP) is 4.77. The number of pyridine rings is 1. The van der Waals surface area contributed by atoms with Gasteiger partial charge in [-0.15, -0.1) is 0 Å². The summed E-state index contributed by atoms with van der Waals surface area (Å²) in [4.78, 5) is 22.0. The lowest BCUT2D eigenvalue weighted by atomic mass is 10.1. The Hall–Kier alpha value is -3.97. The van der Waals surface area contributed by atoms with Gasteiger partial charge in [-0.2, -0.15) is 0 Å². The summed E-state index contributed by atoms with van der Waals surface area (Å²) in [6, 6.07) is 18.6. The molecule has 0 aliphatic rings. The summed E-state index contributed by atoms with van der Waals surface area (Å²) in [6.07, 6.45) is 2.81. The van der Waals surface area contributed by atoms with Crippen LogP contribution in [0.4, 0.5) is 4.39 Å². The second-order valence-corrected chi connectivity index (χ2v) is 7.93. The van der Waals surface area contributed by atoms with Crippen LogP contribution in [0.1, 0.15) is 22.8 Å². The Labute approximate surface area is 190 Å². The number of rotatable bonds is 6. The smallest absolute Gasteiger partial charge is 0.126 e. The zero-order chi connectivity index (χ0) is 22.8. The number of aromatic nitrogens is 5. The second-order valence-electron chi connectivity index (χ2n) is 7.93. The van der Waals surface area contributed by atoms with Crippen LogP contribution in [0, 0.1) is 12.7 Å². The Balaban J connectivity index is 1.57. The number of aryl methyl sites for hydroxylation is 3. The molecular weight excluding hydrogens is 415 g/mol. The first-order chi connectivity index (χ1) is 16.1. The van der Waals surface area contributed by atoms with Crippen molar-refractivity contribution in [3.05, 3.63) is 95.5 Å². The van der Waals surface area contributed by atoms with Gasteiger partial charge in [-0.3, -0.25) is 9.97 Å². The van der Waals surface area contributed by atoms with Gasteiger partial charge >= 0.3 is 0 Å². The van der Waals surface area contributed by atoms with Gasteiger partial charge in [0.25, 0.3) is 0 Å². The molecule has 3 N–H and O–H groups in total. The van der Waals surface area contributed by atoms with Crippen LogP contribution in [0.15, 0.2) is 66.9 Å². The number of nitrogens with zero attached hydrogens (tertiary/aromatic N) is 4. The molecule has 164 valence electrons. The van der Waals surface area contributed by atoms with Crippen molar-refractivity contribution in [1.82, 2.24) is 24.9 Å². The van der Waals surface area contributed by atoms with Crippen molar-refractivity contribution < 1.29 is 4.39 Å². The Bertz CT molecular complexity index is 1440. The fourth-order valence-corrected chi connectivity index (χ4v) is 3.87. The summed E-state index contributed by atoms with van der Waals surface area (Å²) < 4.78 is 14.1. The van der Waals surface area contributed by atoms with E-state index < -0.39 is 0 Å². The largest absolute Gasteiger partial charge is 0.341 e. The van der Waals surface area contributed by atoms with Crippen LogP contribution >= 0.6 is 0 Å². The highest BCUT2D eigenvalue weighted by Gasteiger charge is 2.17. The van der Waals surface area contributed by atoms with Crippen molar-refractivity contribution >= 4 is 11.0 Å². The maximum Gasteiger partial charge on any atom is 0.126 e. The van der Waals surface area contributed by atoms with Gasteiger partial charge in [0.05, 0.1) is 34.3 Å². The first-order valence-electron chi connectivity index (χ1n) is 10.8. The number of imidazole rings is 1. The number of benzene rings is 2. The Morgan fingerprint density at radius 2 is 1.79 bits per heavy atom. The predicted molar refractivity (Wildman–Crippen MR) is 127 cm³/mol. The molecule has 5 aromatic rings. The van der Waals surface area contributed by atoms with Gasteiger partial charge in [-0.05, 0) is 49.2 Å². The fraction of sp³-hybridized carbons (Fsp3) is 0.154. The molecule has 0 saturated heterocycles. The Kier molecular flexibility index (Phi) is 5.62. The van der Waals surface area contributed by atoms with Gasteiger partial charge in [0, 0.05) is 24.2 Å². The first-order valence-corrected chi connectivity index (χ1v) is 10.8. The monoisotopic (exact) mass is 438 g/mol. The maximum absolute atomic E-state index is 14.1. The highest BCUT2D eigenvalue weighted by atomic mass is 19.1. The lowest BCUT2D eigenvalue weighted by Crippen LogP contribution is -2.00. The molecule has 0 bridgehead atoms. The van der Waals surface area contributed by atoms with E-state index >= 15 is 0 Å². The highest BCUT2D eigenvalue weighted by molar-refractivity contribution is 5.84. The van der Waals surface area contributed by atoms with Gasteiger partial charge in [-0.1, -0.05) is 30.3 Å². The molecule has 3 aromatic heterocycles. The molecule has 0 fully saturated rings. The summed E-state index contributed by atoms with van der Waals surface area (Å²) in [5, 5.41) is 0. The molecule has 6 nitrogen and oxygen atoms in total. The third kappa shape index (κ3) is 4.36. The molecule has 5 rings (SSSR count). The number of nitrogens with one attached hydrogen (secondary N) is 1. The molecule has 0 aliphatic carbocycles. The topological polar surface area (TPSA) is 93.4 Å². The van der Waals surface area contributed by atoms with E-state index in [9.17, 15) is 4.39 Å². The summed E-state index contributed by atoms with van der Waals surface area (Å²) in [7, 11) is 0. The quantitative estimate of drug-likeness (QED) is 0.398. The standard InChI is InChI=1S/C26H23FN6/c1-16-5-4-8-22(30-16)26-25(18-9-11-21-23(13-18)31-19(14-28)15-29-21)32-24(33-26)12-10-17-6-2-3-7-20(17)27/h2-9,11,13,15H,10,12,14,28H2,1H3,(H,32,33). The van der Waals surface area contributed by atoms with E-state index in [1.165, 1.54) is 6.07 Å². The Morgan fingerprint density at radius 1 is 0.909 bits per heavy atom. The molecule has 0 aliphatic heterocycles. The number of H-pyrrole nitrogens is 1. The third-order valence-corrected chi connectivity index (χ3v) is 5.56. The van der Waals surface area contributed by atoms with Crippen molar-refractivity contribution in [3.63, 3.8) is 0 Å². The normalized spacial score (nSPS) is 11.2. The number of hydrogen-bond donors (Lipinski definition) is 2. The minimum Gasteiger partial charge on any atom is -0.341 e. The van der Waals surface area contributed by atoms with Gasteiger partial charge in [0.1, 0.15) is 17.3 Å². The molecule has 0 atom stereocenters. The van der Waals surface area contributed by atoms with Crippen LogP contribution in [0.25, 0.3) is 33.7 Å². The lowest BCUT2D eigenvalue weighted by Gasteiger charge is -2.06. The van der Waals surface area contributed by atoms with Gasteiger partial charge in [0.2, 0.25) is 0 Å². The molecule has 0 unspecified atom stereocenters. The fourth-order valence-electron chi connectivity index (χ4n) is 3.87. The van der Waals surface area contributed by atoms with E-state index in [4.69, 9.17) is 10.7 Å². The van der Waals surface area contributed by atoms with E-state index in [1.54, 1.807) is 18.3 Å². The highest BCUT2D eigenvalue weighted by Crippen LogP contribution is 2.31. The minimum atomic E-state index is -0.200. The van der Waals surface area contributed by atoms with Crippen LogP contribution in [0.5, 0.6) is 0 Å². The van der Waals surface area contributed by atoms with Crippen molar-refractivity contribution in [1.29, 1.82) is 0 Å². The maximum atomic E-state index is 14.1. The van der Waals surface area contributed by atoms with Crippen LogP contribution in [0.3, 0.4) is 0 Å². The molecule has 7 heteroatoms. The lowest BCUT2D eigenvalue weighted by molar-refractivity contribution is 0.607. The zero-order valence-electron chi connectivity index (χ0n) is 18.2. The van der Waals surface area contributed by atoms with E-state index in [-0.39, 0.29) is 5.82 Å². The first kappa shape index (κ1) is 20.9. The van der Waals surface area contributed by atoms with Crippen molar-refractivity contribution in [2.75, 3.05) is 0 Å². The number of hydrogen-bond acceptors (Lipinski definition) is 5. The summed E-state index contributed by atoms with van der Waals surface area (Å²) in [6.45, 7) is 2.28. The number of fused-ring (bicyclic) bond motifs is 1. The van der Waals surface area contributed by atoms with Crippen molar-refractivity contribution in [2.45, 2.75) is 26.3 Å². The molecule has 33 heavy (non-hydrogen) atoms. The average molecular weight is 439 g/mol. The minimum absolute atomic E-state index is 0.200. The molecule has 0 radical (unpaired) electrons. The molecule has 3 heterocycles. The number of aromatic amines is 1. The third-order valence-electron chi connectivity index (χ3n) is 5.56. The van der Waals surface area contributed by atoms with Crippen LogP contribution in [0.2, 0.25) is 0 Å². The van der Waals surface area contributed by atoms with E-state index in [2.05, 4.69) is 19.9 Å². The number of halogens is 1. The summed E-state index contributed by atoms with van der Waals surface area (Å²) >= 11 is 0. The van der Waals surface area contributed by atoms with Crippen LogP contribution in [-0.4, -0.2) is 24.9 Å². The molecule has 2 aromatic carbocycles. The average Bonchev–Trinajstić information content (AvgIpc) is 3.27. The summed E-state index contributed by atoms with van der Waals surface area (Å²) in [5.74, 6) is 0.571. The molecule has 0 spiro atoms. The zero-order valence-corrected chi connectivity index (χ0v) is 18.2. The van der Waals surface area contributed by atoms with Gasteiger partial charge in [-0.25, -0.2) is 14.4 Å².